The zero-order chi connectivity index (χ0) is 18.6. The maximum absolute atomic E-state index is 5.81. The van der Waals surface area contributed by atoms with E-state index in [1.165, 1.54) is 0 Å². The summed E-state index contributed by atoms with van der Waals surface area (Å²) in [7, 11) is 0. The Balaban J connectivity index is 2.01. The van der Waals surface area contributed by atoms with Crippen LogP contribution in [-0.4, -0.2) is 71.7 Å². The quantitative estimate of drug-likeness (QED) is 0.458. The Kier molecular flexibility index (Phi) is 10.2. The van der Waals surface area contributed by atoms with Gasteiger partial charge in [-0.3, -0.25) is 0 Å². The molecule has 4 N–H and O–H groups in total. The molecule has 0 amide bonds. The molecule has 26 heavy (non-hydrogen) atoms. The molecule has 148 valence electrons. The van der Waals surface area contributed by atoms with Gasteiger partial charge in [-0.15, -0.1) is 0 Å². The van der Waals surface area contributed by atoms with Crippen molar-refractivity contribution in [1.82, 2.24) is 15.0 Å². The lowest BCUT2D eigenvalue weighted by atomic mass is 9.97. The number of nitrogens with zero attached hydrogens (tertiary/aromatic N) is 4. The van der Waals surface area contributed by atoms with Crippen LogP contribution in [0, 0.1) is 5.92 Å². The number of hydrogen-bond donors (Lipinski definition) is 3. The lowest BCUT2D eigenvalue weighted by Gasteiger charge is -2.31. The van der Waals surface area contributed by atoms with E-state index in [4.69, 9.17) is 5.73 Å². The van der Waals surface area contributed by atoms with Gasteiger partial charge in [-0.25, -0.2) is 0 Å². The average Bonchev–Trinajstić information content (AvgIpc) is 2.68. The molecular weight excluding hydrogens is 366 g/mol. The zero-order valence-corrected chi connectivity index (χ0v) is 17.7. The Morgan fingerprint density at radius 1 is 0.962 bits per heavy atom. The molecule has 0 spiro atoms. The van der Waals surface area contributed by atoms with Crippen molar-refractivity contribution in [3.63, 3.8) is 0 Å². The molecule has 9 heteroatoms. The van der Waals surface area contributed by atoms with Crippen LogP contribution in [0.25, 0.3) is 0 Å². The van der Waals surface area contributed by atoms with Gasteiger partial charge < -0.3 is 21.3 Å². The SMILES string of the molecule is CSCCCNc1nc(NCCCSC)nc(N2CCC(CN)CC2)n1. The Bertz CT molecular complexity index is 480. The van der Waals surface area contributed by atoms with E-state index >= 15 is 0 Å². The number of anilines is 3. The molecule has 0 atom stereocenters. The highest BCUT2D eigenvalue weighted by Gasteiger charge is 2.21. The predicted octanol–water partition coefficient (Wildman–Crippen LogP) is 2.38. The van der Waals surface area contributed by atoms with Gasteiger partial charge in [-0.2, -0.15) is 38.5 Å². The van der Waals surface area contributed by atoms with Crippen molar-refractivity contribution in [2.24, 2.45) is 11.7 Å². The first-order valence-electron chi connectivity index (χ1n) is 9.43. The summed E-state index contributed by atoms with van der Waals surface area (Å²) < 4.78 is 0. The number of aromatic nitrogens is 3. The van der Waals surface area contributed by atoms with Crippen LogP contribution in [0.1, 0.15) is 25.7 Å². The van der Waals surface area contributed by atoms with E-state index in [1.807, 2.05) is 23.5 Å². The van der Waals surface area contributed by atoms with Crippen LogP contribution >= 0.6 is 23.5 Å². The van der Waals surface area contributed by atoms with E-state index in [0.717, 1.165) is 75.9 Å². The Morgan fingerprint density at radius 2 is 1.50 bits per heavy atom. The fourth-order valence-corrected chi connectivity index (χ4v) is 3.73. The summed E-state index contributed by atoms with van der Waals surface area (Å²) in [6.07, 6.45) is 8.66. The lowest BCUT2D eigenvalue weighted by Crippen LogP contribution is -2.37. The lowest BCUT2D eigenvalue weighted by molar-refractivity contribution is 0.411. The van der Waals surface area contributed by atoms with Gasteiger partial charge in [0.25, 0.3) is 0 Å². The zero-order valence-electron chi connectivity index (χ0n) is 16.0. The number of hydrogen-bond acceptors (Lipinski definition) is 9. The topological polar surface area (TPSA) is 92.0 Å². The fourth-order valence-electron chi connectivity index (χ4n) is 2.87. The number of nitrogens with one attached hydrogen (secondary N) is 2. The van der Waals surface area contributed by atoms with Crippen molar-refractivity contribution < 1.29 is 0 Å². The number of piperidine rings is 1. The van der Waals surface area contributed by atoms with Crippen molar-refractivity contribution in [2.75, 3.05) is 72.3 Å². The second kappa shape index (κ2) is 12.5. The first kappa shape index (κ1) is 21.4. The Hall–Kier alpha value is -0.930. The third kappa shape index (κ3) is 7.36. The van der Waals surface area contributed by atoms with Crippen molar-refractivity contribution in [2.45, 2.75) is 25.7 Å². The van der Waals surface area contributed by atoms with Gasteiger partial charge in [0.15, 0.2) is 0 Å². The molecule has 1 aromatic heterocycles. The standard InChI is InChI=1S/C17H33N7S2/c1-25-11-3-7-19-15-21-16(20-8-4-12-26-2)23-17(22-15)24-9-5-14(13-18)6-10-24/h14H,3-13,18H2,1-2H3,(H2,19,20,21,22,23). The second-order valence-electron chi connectivity index (χ2n) is 6.50. The van der Waals surface area contributed by atoms with Crippen LogP contribution in [0.5, 0.6) is 0 Å². The molecule has 1 aliphatic rings. The third-order valence-electron chi connectivity index (χ3n) is 4.47. The third-order valence-corrected chi connectivity index (χ3v) is 5.86. The van der Waals surface area contributed by atoms with E-state index in [-0.39, 0.29) is 0 Å². The monoisotopic (exact) mass is 399 g/mol. The number of thioether (sulfide) groups is 2. The summed E-state index contributed by atoms with van der Waals surface area (Å²) in [5, 5.41) is 6.71. The molecule has 1 saturated heterocycles. The molecule has 0 saturated carbocycles. The molecule has 0 unspecified atom stereocenters. The average molecular weight is 400 g/mol. The van der Waals surface area contributed by atoms with E-state index in [0.29, 0.717) is 17.8 Å². The minimum Gasteiger partial charge on any atom is -0.354 e. The minimum atomic E-state index is 0.626. The summed E-state index contributed by atoms with van der Waals surface area (Å²) in [6, 6.07) is 0. The largest absolute Gasteiger partial charge is 0.354 e. The van der Waals surface area contributed by atoms with E-state index in [1.54, 1.807) is 0 Å². The van der Waals surface area contributed by atoms with E-state index in [9.17, 15) is 0 Å². The van der Waals surface area contributed by atoms with Gasteiger partial charge in [-0.05, 0) is 62.2 Å². The van der Waals surface area contributed by atoms with Crippen molar-refractivity contribution >= 4 is 41.4 Å². The Morgan fingerprint density at radius 3 is 1.96 bits per heavy atom. The van der Waals surface area contributed by atoms with Crippen LogP contribution in [0.4, 0.5) is 17.8 Å². The van der Waals surface area contributed by atoms with Gasteiger partial charge in [0.05, 0.1) is 0 Å². The Labute approximate surface area is 166 Å². The maximum Gasteiger partial charge on any atom is 0.231 e. The summed E-state index contributed by atoms with van der Waals surface area (Å²) in [6.45, 7) is 4.46. The van der Waals surface area contributed by atoms with Crippen LogP contribution in [0.2, 0.25) is 0 Å². The molecule has 0 radical (unpaired) electrons. The van der Waals surface area contributed by atoms with E-state index < -0.39 is 0 Å². The van der Waals surface area contributed by atoms with Crippen LogP contribution in [-0.2, 0) is 0 Å². The fraction of sp³-hybridized carbons (Fsp3) is 0.824. The predicted molar refractivity (Wildman–Crippen MR) is 117 cm³/mol. The first-order chi connectivity index (χ1) is 12.8. The summed E-state index contributed by atoms with van der Waals surface area (Å²) >= 11 is 3.72. The van der Waals surface area contributed by atoms with Gasteiger partial charge in [-0.1, -0.05) is 0 Å². The summed E-state index contributed by atoms with van der Waals surface area (Å²) in [5.41, 5.74) is 5.81. The molecule has 0 aromatic carbocycles. The smallest absolute Gasteiger partial charge is 0.231 e. The molecular formula is C17H33N7S2. The molecule has 0 bridgehead atoms. The number of nitrogens with two attached hydrogens (primary N) is 1. The molecule has 1 fully saturated rings. The molecule has 0 aliphatic carbocycles. The van der Waals surface area contributed by atoms with Crippen molar-refractivity contribution in [3.8, 4) is 0 Å². The first-order valence-corrected chi connectivity index (χ1v) is 12.2. The highest BCUT2D eigenvalue weighted by Crippen LogP contribution is 2.21. The minimum absolute atomic E-state index is 0.626. The highest BCUT2D eigenvalue weighted by atomic mass is 32.2. The van der Waals surface area contributed by atoms with Crippen LogP contribution < -0.4 is 21.3 Å². The molecule has 7 nitrogen and oxygen atoms in total. The van der Waals surface area contributed by atoms with Crippen molar-refractivity contribution in [1.29, 1.82) is 0 Å². The maximum atomic E-state index is 5.81. The number of rotatable bonds is 12. The molecule has 1 aromatic rings. The van der Waals surface area contributed by atoms with Gasteiger partial charge in [0.1, 0.15) is 0 Å². The van der Waals surface area contributed by atoms with Crippen LogP contribution in [0.15, 0.2) is 0 Å². The molecule has 1 aliphatic heterocycles. The summed E-state index contributed by atoms with van der Waals surface area (Å²) in [5.74, 6) is 5.01. The second-order valence-corrected chi connectivity index (χ2v) is 8.47. The normalized spacial score (nSPS) is 15.3. The molecule has 2 heterocycles. The van der Waals surface area contributed by atoms with Gasteiger partial charge in [0.2, 0.25) is 17.8 Å². The van der Waals surface area contributed by atoms with Crippen molar-refractivity contribution in [3.05, 3.63) is 0 Å². The van der Waals surface area contributed by atoms with E-state index in [2.05, 4.69) is 43.0 Å². The van der Waals surface area contributed by atoms with Crippen LogP contribution in [0.3, 0.4) is 0 Å². The summed E-state index contributed by atoms with van der Waals surface area (Å²) in [4.78, 5) is 16.1. The van der Waals surface area contributed by atoms with Gasteiger partial charge >= 0.3 is 0 Å². The van der Waals surface area contributed by atoms with Gasteiger partial charge in [0, 0.05) is 26.2 Å². The molecule has 2 rings (SSSR count). The highest BCUT2D eigenvalue weighted by molar-refractivity contribution is 7.98.